The zero-order valence-electron chi connectivity index (χ0n) is 9.90. The van der Waals surface area contributed by atoms with E-state index in [0.29, 0.717) is 0 Å². The van der Waals surface area contributed by atoms with E-state index in [-0.39, 0.29) is 19.3 Å². The summed E-state index contributed by atoms with van der Waals surface area (Å²) >= 11 is 0. The zero-order valence-corrected chi connectivity index (χ0v) is 9.90. The predicted octanol–water partition coefficient (Wildman–Crippen LogP) is -0.788. The Morgan fingerprint density at radius 1 is 0.895 bits per heavy atom. The van der Waals surface area contributed by atoms with Crippen LogP contribution in [-0.4, -0.2) is 56.4 Å². The molecule has 1 unspecified atom stereocenters. The first-order chi connectivity index (χ1) is 8.73. The number of hydrogen-bond acceptors (Lipinski definition) is 5. The van der Waals surface area contributed by atoms with E-state index in [9.17, 15) is 19.2 Å². The maximum Gasteiger partial charge on any atom is 0.332 e. The van der Waals surface area contributed by atoms with Crippen molar-refractivity contribution in [2.75, 3.05) is 0 Å². The Bertz CT molecular complexity index is 353. The fourth-order valence-corrected chi connectivity index (χ4v) is 1.44. The second-order valence-electron chi connectivity index (χ2n) is 3.86. The van der Waals surface area contributed by atoms with E-state index in [1.54, 1.807) is 0 Å². The van der Waals surface area contributed by atoms with E-state index < -0.39 is 42.4 Å². The van der Waals surface area contributed by atoms with Gasteiger partial charge in [-0.2, -0.15) is 0 Å². The first-order valence-electron chi connectivity index (χ1n) is 5.39. The largest absolute Gasteiger partial charge is 0.481 e. The lowest BCUT2D eigenvalue weighted by atomic mass is 10.0. The second-order valence-corrected chi connectivity index (χ2v) is 3.86. The molecular formula is C10H15NO8. The zero-order chi connectivity index (χ0) is 15.0. The predicted molar refractivity (Wildman–Crippen MR) is 59.7 cm³/mol. The van der Waals surface area contributed by atoms with Crippen LogP contribution >= 0.6 is 0 Å². The van der Waals surface area contributed by atoms with Gasteiger partial charge in [0.1, 0.15) is 0 Å². The normalized spacial score (nSPS) is 12.1. The fourth-order valence-electron chi connectivity index (χ4n) is 1.44. The molecule has 108 valence electrons. The van der Waals surface area contributed by atoms with Gasteiger partial charge >= 0.3 is 23.9 Å². The summed E-state index contributed by atoms with van der Waals surface area (Å²) in [5.74, 6) is -5.58. The summed E-state index contributed by atoms with van der Waals surface area (Å²) in [5.41, 5.74) is 0. The van der Waals surface area contributed by atoms with E-state index in [2.05, 4.69) is 5.32 Å². The van der Waals surface area contributed by atoms with Crippen LogP contribution in [0.3, 0.4) is 0 Å². The number of nitrogens with one attached hydrogen (secondary N) is 1. The topological polar surface area (TPSA) is 161 Å². The molecule has 0 aromatic rings. The summed E-state index contributed by atoms with van der Waals surface area (Å²) in [6, 6.07) is -2.84. The van der Waals surface area contributed by atoms with Crippen LogP contribution in [0.25, 0.3) is 0 Å². The lowest BCUT2D eigenvalue weighted by Crippen LogP contribution is -2.49. The molecule has 0 saturated heterocycles. The first kappa shape index (κ1) is 16.8. The van der Waals surface area contributed by atoms with Crippen molar-refractivity contribution in [3.63, 3.8) is 0 Å². The van der Waals surface area contributed by atoms with Gasteiger partial charge in [-0.3, -0.25) is 14.9 Å². The van der Waals surface area contributed by atoms with Gasteiger partial charge in [0.2, 0.25) is 6.04 Å². The van der Waals surface area contributed by atoms with Crippen molar-refractivity contribution in [2.45, 2.75) is 37.8 Å². The molecule has 0 aromatic heterocycles. The van der Waals surface area contributed by atoms with Gasteiger partial charge in [-0.25, -0.2) is 9.59 Å². The van der Waals surface area contributed by atoms with Crippen molar-refractivity contribution in [3.8, 4) is 0 Å². The van der Waals surface area contributed by atoms with Gasteiger partial charge in [0.25, 0.3) is 0 Å². The molecule has 9 heteroatoms. The lowest BCUT2D eigenvalue weighted by Gasteiger charge is -2.19. The smallest absolute Gasteiger partial charge is 0.332 e. The summed E-state index contributed by atoms with van der Waals surface area (Å²) in [6.45, 7) is 0. The van der Waals surface area contributed by atoms with E-state index in [4.69, 9.17) is 20.4 Å². The van der Waals surface area contributed by atoms with E-state index in [1.165, 1.54) is 0 Å². The molecule has 0 fully saturated rings. The molecule has 5 N–H and O–H groups in total. The number of carboxylic acids is 4. The van der Waals surface area contributed by atoms with Gasteiger partial charge in [-0.1, -0.05) is 0 Å². The lowest BCUT2D eigenvalue weighted by molar-refractivity contribution is -0.152. The summed E-state index contributed by atoms with van der Waals surface area (Å²) < 4.78 is 0. The second kappa shape index (κ2) is 8.03. The molecule has 0 rings (SSSR count). The minimum atomic E-state index is -1.92. The SMILES string of the molecule is O=C(O)CCCC(CC(=O)O)NC(C(=O)O)C(=O)O. The minimum absolute atomic E-state index is 0.0513. The van der Waals surface area contributed by atoms with Crippen molar-refractivity contribution < 1.29 is 39.6 Å². The van der Waals surface area contributed by atoms with Crippen molar-refractivity contribution >= 4 is 23.9 Å². The molecule has 0 bridgehead atoms. The van der Waals surface area contributed by atoms with Gasteiger partial charge in [0, 0.05) is 12.5 Å². The average molecular weight is 277 g/mol. The van der Waals surface area contributed by atoms with Gasteiger partial charge < -0.3 is 20.4 Å². The Morgan fingerprint density at radius 2 is 1.42 bits per heavy atom. The number of hydrogen-bond donors (Lipinski definition) is 5. The third-order valence-electron chi connectivity index (χ3n) is 2.26. The van der Waals surface area contributed by atoms with Crippen LogP contribution in [0.1, 0.15) is 25.7 Å². The van der Waals surface area contributed by atoms with Gasteiger partial charge in [-0.15, -0.1) is 0 Å². The Morgan fingerprint density at radius 3 is 1.79 bits per heavy atom. The summed E-state index contributed by atoms with van der Waals surface area (Å²) in [5, 5.41) is 36.6. The molecule has 0 aliphatic heterocycles. The maximum atomic E-state index is 10.7. The molecule has 0 heterocycles. The highest BCUT2D eigenvalue weighted by Gasteiger charge is 2.29. The van der Waals surface area contributed by atoms with Crippen molar-refractivity contribution in [3.05, 3.63) is 0 Å². The minimum Gasteiger partial charge on any atom is -0.481 e. The van der Waals surface area contributed by atoms with Crippen LogP contribution < -0.4 is 5.32 Å². The van der Waals surface area contributed by atoms with Gasteiger partial charge in [0.15, 0.2) is 0 Å². The molecule has 0 spiro atoms. The molecule has 19 heavy (non-hydrogen) atoms. The molecular weight excluding hydrogens is 262 g/mol. The Hall–Kier alpha value is -2.16. The quantitative estimate of drug-likeness (QED) is 0.322. The van der Waals surface area contributed by atoms with E-state index >= 15 is 0 Å². The highest BCUT2D eigenvalue weighted by atomic mass is 16.4. The summed E-state index contributed by atoms with van der Waals surface area (Å²) in [6.07, 6.45) is -0.527. The van der Waals surface area contributed by atoms with Crippen LogP contribution in [0, 0.1) is 0 Å². The van der Waals surface area contributed by atoms with E-state index in [0.717, 1.165) is 0 Å². The average Bonchev–Trinajstić information content (AvgIpc) is 2.22. The Balaban J connectivity index is 4.55. The van der Waals surface area contributed by atoms with E-state index in [1.807, 2.05) is 0 Å². The molecule has 1 atom stereocenters. The molecule has 0 amide bonds. The standard InChI is InChI=1S/C10H15NO8/c12-6(13)3-1-2-5(4-7(14)15)11-8(9(16)17)10(18)19/h5,8,11H,1-4H2,(H,12,13)(H,14,15)(H,16,17)(H,18,19). The number of carbonyl (C=O) groups is 4. The van der Waals surface area contributed by atoms with Crippen LogP contribution in [-0.2, 0) is 19.2 Å². The van der Waals surface area contributed by atoms with Crippen LogP contribution in [0.4, 0.5) is 0 Å². The fraction of sp³-hybridized carbons (Fsp3) is 0.600. The molecule has 0 aliphatic rings. The van der Waals surface area contributed by atoms with Crippen LogP contribution in [0.2, 0.25) is 0 Å². The first-order valence-corrected chi connectivity index (χ1v) is 5.39. The molecule has 0 saturated carbocycles. The molecule has 0 aliphatic carbocycles. The third kappa shape index (κ3) is 7.71. The highest BCUT2D eigenvalue weighted by molar-refractivity contribution is 5.97. The number of carboxylic acid groups (broad SMARTS) is 4. The number of aliphatic carboxylic acids is 4. The Labute approximate surface area is 107 Å². The summed E-state index contributed by atoms with van der Waals surface area (Å²) in [7, 11) is 0. The van der Waals surface area contributed by atoms with Crippen LogP contribution in [0.5, 0.6) is 0 Å². The molecule has 9 nitrogen and oxygen atoms in total. The molecule has 0 radical (unpaired) electrons. The van der Waals surface area contributed by atoms with Crippen molar-refractivity contribution in [1.82, 2.24) is 5.32 Å². The van der Waals surface area contributed by atoms with Crippen LogP contribution in [0.15, 0.2) is 0 Å². The van der Waals surface area contributed by atoms with Gasteiger partial charge in [-0.05, 0) is 12.8 Å². The Kier molecular flexibility index (Phi) is 7.12. The van der Waals surface area contributed by atoms with Crippen molar-refractivity contribution in [1.29, 1.82) is 0 Å². The number of rotatable bonds is 10. The third-order valence-corrected chi connectivity index (χ3v) is 2.26. The van der Waals surface area contributed by atoms with Gasteiger partial charge in [0.05, 0.1) is 6.42 Å². The van der Waals surface area contributed by atoms with Crippen molar-refractivity contribution in [2.24, 2.45) is 0 Å². The summed E-state index contributed by atoms with van der Waals surface area (Å²) in [4.78, 5) is 42.2. The maximum absolute atomic E-state index is 10.7. The molecule has 0 aromatic carbocycles. The monoisotopic (exact) mass is 277 g/mol. The highest BCUT2D eigenvalue weighted by Crippen LogP contribution is 2.07.